The van der Waals surface area contributed by atoms with Gasteiger partial charge >= 0.3 is 21.3 Å². The van der Waals surface area contributed by atoms with E-state index >= 15 is 0 Å². The number of benzene rings is 1. The van der Waals surface area contributed by atoms with E-state index in [4.69, 9.17) is 14.5 Å². The number of phosphoric acid groups is 2. The Hall–Kier alpha value is -1.37. The predicted molar refractivity (Wildman–Crippen MR) is 123 cm³/mol. The van der Waals surface area contributed by atoms with E-state index in [1.807, 2.05) is 0 Å². The molecule has 1 fully saturated rings. The predicted octanol–water partition coefficient (Wildman–Crippen LogP) is 0.252. The molecule has 0 spiro atoms. The number of rotatable bonds is 9. The fourth-order valence-electron chi connectivity index (χ4n) is 3.30. The molecule has 36 heavy (non-hydrogen) atoms. The van der Waals surface area contributed by atoms with Crippen LogP contribution in [0.25, 0.3) is 0 Å². The summed E-state index contributed by atoms with van der Waals surface area (Å²) in [6.07, 6.45) is -6.27. The number of alkyl halides is 2. The van der Waals surface area contributed by atoms with E-state index in [9.17, 15) is 42.6 Å². The van der Waals surface area contributed by atoms with Crippen LogP contribution in [0.2, 0.25) is 0 Å². The van der Waals surface area contributed by atoms with Gasteiger partial charge in [0.2, 0.25) is 0 Å². The number of ether oxygens (including phenoxy) is 1. The maximum atomic E-state index is 14.8. The molecule has 0 aliphatic carbocycles. The second-order valence-corrected chi connectivity index (χ2v) is 11.5. The van der Waals surface area contributed by atoms with Gasteiger partial charge < -0.3 is 29.6 Å². The van der Waals surface area contributed by atoms with E-state index < -0.39 is 76.1 Å². The van der Waals surface area contributed by atoms with E-state index in [1.54, 1.807) is 0 Å². The minimum absolute atomic E-state index is 0.212. The Balaban J connectivity index is 1.88. The van der Waals surface area contributed by atoms with Crippen LogP contribution < -0.4 is 11.2 Å². The molecule has 19 heteroatoms. The molecule has 1 saturated heterocycles. The first kappa shape index (κ1) is 29.2. The summed E-state index contributed by atoms with van der Waals surface area (Å²) in [5, 5.41) is 20.6. The first-order chi connectivity index (χ1) is 16.5. The van der Waals surface area contributed by atoms with Crippen molar-refractivity contribution in [2.45, 2.75) is 37.0 Å². The quantitative estimate of drug-likeness (QED) is 0.180. The highest BCUT2D eigenvalue weighted by atomic mass is 127. The molecule has 3 rings (SSSR count). The highest BCUT2D eigenvalue weighted by Crippen LogP contribution is 2.57. The Morgan fingerprint density at radius 1 is 1.08 bits per heavy atom. The lowest BCUT2D eigenvalue weighted by Crippen LogP contribution is -2.46. The highest BCUT2D eigenvalue weighted by molar-refractivity contribution is 14.1. The fourth-order valence-corrected chi connectivity index (χ4v) is 5.49. The lowest BCUT2D eigenvalue weighted by Gasteiger charge is -2.22. The van der Waals surface area contributed by atoms with Gasteiger partial charge in [-0.05, 0) is 22.6 Å². The second kappa shape index (κ2) is 10.8. The average Bonchev–Trinajstić information content (AvgIpc) is 3.05. The van der Waals surface area contributed by atoms with Gasteiger partial charge in [-0.1, -0.05) is 30.3 Å². The molecule has 200 valence electrons. The largest absolute Gasteiger partial charge is 0.481 e. The number of halogens is 3. The number of aliphatic hydroxyl groups is 2. The molecule has 2 unspecified atom stereocenters. The Bertz CT molecular complexity index is 1320. The molecular weight excluding hydrogens is 651 g/mol. The average molecular weight is 670 g/mol. The summed E-state index contributed by atoms with van der Waals surface area (Å²) in [7, 11) is -10.8. The summed E-state index contributed by atoms with van der Waals surface area (Å²) >= 11 is 1.48. The molecule has 2 aromatic rings. The number of hydrogen-bond acceptors (Lipinski definition) is 9. The van der Waals surface area contributed by atoms with Crippen LogP contribution in [-0.4, -0.2) is 58.9 Å². The van der Waals surface area contributed by atoms with Crippen LogP contribution in [0.5, 0.6) is 0 Å². The molecule has 5 atom stereocenters. The van der Waals surface area contributed by atoms with Gasteiger partial charge in [0.1, 0.15) is 18.3 Å². The van der Waals surface area contributed by atoms with Crippen molar-refractivity contribution < 1.29 is 56.4 Å². The highest BCUT2D eigenvalue weighted by Gasteiger charge is 2.46. The normalized spacial score (nSPS) is 24.6. The van der Waals surface area contributed by atoms with Crippen molar-refractivity contribution in [3.05, 3.63) is 66.5 Å². The van der Waals surface area contributed by atoms with E-state index in [0.29, 0.717) is 4.57 Å². The van der Waals surface area contributed by atoms with E-state index in [-0.39, 0.29) is 8.14 Å². The Morgan fingerprint density at radius 2 is 1.69 bits per heavy atom. The maximum absolute atomic E-state index is 14.8. The SMILES string of the molecule is O=c1c(I)cn([C@@H]2O[C@H](COP(=O)(O)OP(=O)(O)O)[C@H](O)C2O)c(=O)n1CC(F)(F)c1ccccc1. The van der Waals surface area contributed by atoms with Gasteiger partial charge in [0, 0.05) is 11.8 Å². The van der Waals surface area contributed by atoms with Crippen molar-refractivity contribution in [3.8, 4) is 0 Å². The van der Waals surface area contributed by atoms with Crippen molar-refractivity contribution >= 4 is 38.2 Å². The lowest BCUT2D eigenvalue weighted by atomic mass is 10.1. The van der Waals surface area contributed by atoms with Crippen LogP contribution in [0.4, 0.5) is 8.78 Å². The van der Waals surface area contributed by atoms with Gasteiger partial charge in [0.15, 0.2) is 6.23 Å². The molecule has 2 heterocycles. The van der Waals surface area contributed by atoms with Gasteiger partial charge in [0.05, 0.1) is 16.7 Å². The van der Waals surface area contributed by atoms with E-state index in [1.165, 1.54) is 40.8 Å². The minimum Gasteiger partial charge on any atom is -0.387 e. The minimum atomic E-state index is -5.43. The number of phosphoric ester groups is 1. The first-order valence-electron chi connectivity index (χ1n) is 9.73. The summed E-state index contributed by atoms with van der Waals surface area (Å²) in [4.78, 5) is 52.1. The van der Waals surface area contributed by atoms with Crippen LogP contribution in [0.3, 0.4) is 0 Å². The number of aliphatic hydroxyl groups excluding tert-OH is 2. The Morgan fingerprint density at radius 3 is 2.28 bits per heavy atom. The van der Waals surface area contributed by atoms with E-state index in [2.05, 4.69) is 8.83 Å². The number of nitrogens with zero attached hydrogens (tertiary/aromatic N) is 2. The third-order valence-electron chi connectivity index (χ3n) is 4.93. The van der Waals surface area contributed by atoms with Crippen molar-refractivity contribution in [1.82, 2.24) is 9.13 Å². The van der Waals surface area contributed by atoms with Gasteiger partial charge in [-0.25, -0.2) is 13.9 Å². The van der Waals surface area contributed by atoms with Crippen molar-refractivity contribution in [1.29, 1.82) is 0 Å². The molecule has 14 nitrogen and oxygen atoms in total. The summed E-state index contributed by atoms with van der Waals surface area (Å²) in [5.41, 5.74) is -2.82. The third-order valence-corrected chi connectivity index (χ3v) is 7.82. The summed E-state index contributed by atoms with van der Waals surface area (Å²) in [6, 6.07) is 6.42. The van der Waals surface area contributed by atoms with Crippen molar-refractivity contribution in [3.63, 3.8) is 0 Å². The monoisotopic (exact) mass is 670 g/mol. The first-order valence-corrected chi connectivity index (χ1v) is 13.8. The maximum Gasteiger partial charge on any atom is 0.481 e. The fraction of sp³-hybridized carbons (Fsp3) is 0.412. The summed E-state index contributed by atoms with van der Waals surface area (Å²) < 4.78 is 65.8. The molecule has 0 radical (unpaired) electrons. The zero-order valence-electron chi connectivity index (χ0n) is 17.7. The van der Waals surface area contributed by atoms with Gasteiger partial charge in [0.25, 0.3) is 11.5 Å². The summed E-state index contributed by atoms with van der Waals surface area (Å²) in [6.45, 7) is -2.39. The summed E-state index contributed by atoms with van der Waals surface area (Å²) in [5.74, 6) is -3.64. The molecule has 0 saturated carbocycles. The van der Waals surface area contributed by atoms with E-state index in [0.717, 1.165) is 18.3 Å². The van der Waals surface area contributed by atoms with Gasteiger partial charge in [-0.15, -0.1) is 0 Å². The Kier molecular flexibility index (Phi) is 8.74. The van der Waals surface area contributed by atoms with Crippen molar-refractivity contribution in [2.75, 3.05) is 6.61 Å². The van der Waals surface area contributed by atoms with Crippen LogP contribution in [-0.2, 0) is 35.2 Å². The topological polar surface area (TPSA) is 207 Å². The number of hydrogen-bond donors (Lipinski definition) is 5. The molecule has 1 aromatic carbocycles. The van der Waals surface area contributed by atoms with Crippen LogP contribution >= 0.6 is 38.2 Å². The lowest BCUT2D eigenvalue weighted by molar-refractivity contribution is -0.0571. The van der Waals surface area contributed by atoms with Gasteiger partial charge in [-0.2, -0.15) is 13.1 Å². The molecular formula is C17H19F2IN2O12P2. The zero-order valence-corrected chi connectivity index (χ0v) is 21.7. The molecule has 1 aliphatic heterocycles. The third kappa shape index (κ3) is 6.73. The molecule has 5 N–H and O–H groups in total. The molecule has 1 aliphatic rings. The van der Waals surface area contributed by atoms with Crippen LogP contribution in [0.15, 0.2) is 46.1 Å². The zero-order chi connectivity index (χ0) is 27.1. The number of aromatic nitrogens is 2. The molecule has 0 amide bonds. The molecule has 1 aromatic heterocycles. The molecule has 0 bridgehead atoms. The Labute approximate surface area is 213 Å². The van der Waals surface area contributed by atoms with Crippen LogP contribution in [0, 0.1) is 3.57 Å². The van der Waals surface area contributed by atoms with Crippen LogP contribution in [0.1, 0.15) is 11.8 Å². The van der Waals surface area contributed by atoms with Gasteiger partial charge in [-0.3, -0.25) is 18.5 Å². The smallest absolute Gasteiger partial charge is 0.387 e. The van der Waals surface area contributed by atoms with Crippen molar-refractivity contribution in [2.24, 2.45) is 0 Å². The second-order valence-electron chi connectivity index (χ2n) is 7.51. The standard InChI is InChI=1S/C17H19F2IN2O12P2/c18-17(19,9-4-2-1-3-5-9)8-22-14(25)10(20)6-21(16(22)26)15-13(24)12(23)11(33-15)7-32-36(30,31)34-35(27,28)29/h1-6,11-13,15,23-24H,7-8H2,(H,30,31)(H2,27,28,29)/t11-,12+,13?,15-/m1/s1.